The first-order valence-electron chi connectivity index (χ1n) is 6.31. The maximum Gasteiger partial charge on any atom is 0.163 e. The molecule has 0 radical (unpaired) electrons. The van der Waals surface area contributed by atoms with Crippen molar-refractivity contribution in [2.75, 3.05) is 7.11 Å². The minimum absolute atomic E-state index is 0.00528. The number of para-hydroxylation sites is 1. The van der Waals surface area contributed by atoms with Gasteiger partial charge in [-0.2, -0.15) is 0 Å². The molecule has 0 spiro atoms. The number of ether oxygens (including phenoxy) is 1. The molecule has 0 saturated carbocycles. The van der Waals surface area contributed by atoms with E-state index in [1.165, 1.54) is 24.8 Å². The Bertz CT molecular complexity index is 671. The largest absolute Gasteiger partial charge is 0.507 e. The molecule has 0 atom stereocenters. The van der Waals surface area contributed by atoms with Crippen LogP contribution in [0.5, 0.6) is 11.5 Å². The van der Waals surface area contributed by atoms with E-state index in [1.807, 2.05) is 24.3 Å². The third kappa shape index (κ3) is 3.71. The molecule has 21 heavy (non-hydrogen) atoms. The predicted octanol–water partition coefficient (Wildman–Crippen LogP) is 4.55. The molecule has 110 valence electrons. The lowest BCUT2D eigenvalue weighted by Gasteiger charge is -2.11. The predicted molar refractivity (Wildman–Crippen MR) is 85.7 cm³/mol. The molecule has 0 aromatic heterocycles. The van der Waals surface area contributed by atoms with Gasteiger partial charge in [-0.3, -0.25) is 4.79 Å². The van der Waals surface area contributed by atoms with Gasteiger partial charge >= 0.3 is 0 Å². The number of aromatic hydroxyl groups is 1. The maximum absolute atomic E-state index is 11.5. The van der Waals surface area contributed by atoms with Crippen molar-refractivity contribution in [1.29, 1.82) is 0 Å². The van der Waals surface area contributed by atoms with Crippen molar-refractivity contribution >= 4 is 29.1 Å². The van der Waals surface area contributed by atoms with Gasteiger partial charge in [0.2, 0.25) is 0 Å². The number of thioether (sulfide) groups is 1. The number of methoxy groups -OCH3 is 1. The SMILES string of the molecule is COc1ccccc1SCc1cc(Cl)cc(C(C)=O)c1O. The van der Waals surface area contributed by atoms with Crippen molar-refractivity contribution in [3.8, 4) is 11.5 Å². The Labute approximate surface area is 132 Å². The third-order valence-corrected chi connectivity index (χ3v) is 4.31. The third-order valence-electron chi connectivity index (χ3n) is 2.99. The summed E-state index contributed by atoms with van der Waals surface area (Å²) in [5.74, 6) is 1.05. The van der Waals surface area contributed by atoms with Gasteiger partial charge in [-0.1, -0.05) is 23.7 Å². The van der Waals surface area contributed by atoms with Gasteiger partial charge in [0.15, 0.2) is 5.78 Å². The zero-order valence-electron chi connectivity index (χ0n) is 11.7. The molecule has 5 heteroatoms. The lowest BCUT2D eigenvalue weighted by Crippen LogP contribution is -1.96. The summed E-state index contributed by atoms with van der Waals surface area (Å²) in [6, 6.07) is 10.8. The highest BCUT2D eigenvalue weighted by molar-refractivity contribution is 7.98. The first-order valence-corrected chi connectivity index (χ1v) is 7.67. The second-order valence-electron chi connectivity index (χ2n) is 4.46. The van der Waals surface area contributed by atoms with Crippen LogP contribution < -0.4 is 4.74 Å². The number of benzene rings is 2. The van der Waals surface area contributed by atoms with Gasteiger partial charge in [-0.05, 0) is 31.2 Å². The van der Waals surface area contributed by atoms with Crippen molar-refractivity contribution in [3.63, 3.8) is 0 Å². The number of rotatable bonds is 5. The van der Waals surface area contributed by atoms with E-state index in [0.717, 1.165) is 10.6 Å². The highest BCUT2D eigenvalue weighted by Gasteiger charge is 2.14. The summed E-state index contributed by atoms with van der Waals surface area (Å²) in [4.78, 5) is 12.5. The molecule has 2 rings (SSSR count). The Balaban J connectivity index is 2.26. The fraction of sp³-hybridized carbons (Fsp3) is 0.188. The van der Waals surface area contributed by atoms with Crippen LogP contribution in [-0.4, -0.2) is 18.0 Å². The summed E-state index contributed by atoms with van der Waals surface area (Å²) < 4.78 is 5.29. The smallest absolute Gasteiger partial charge is 0.163 e. The molecule has 1 N–H and O–H groups in total. The molecule has 0 heterocycles. The Morgan fingerprint density at radius 3 is 2.71 bits per heavy atom. The Hall–Kier alpha value is -1.65. The topological polar surface area (TPSA) is 46.5 Å². The minimum atomic E-state index is -0.210. The zero-order valence-corrected chi connectivity index (χ0v) is 13.3. The lowest BCUT2D eigenvalue weighted by atomic mass is 10.1. The monoisotopic (exact) mass is 322 g/mol. The number of Topliss-reactive ketones (excluding diaryl/α,β-unsaturated/α-hetero) is 1. The van der Waals surface area contributed by atoms with Gasteiger partial charge in [0.05, 0.1) is 12.7 Å². The lowest BCUT2D eigenvalue weighted by molar-refractivity contribution is 0.101. The van der Waals surface area contributed by atoms with Crippen molar-refractivity contribution in [3.05, 3.63) is 52.5 Å². The molecular weight excluding hydrogens is 308 g/mol. The molecule has 0 unspecified atom stereocenters. The highest BCUT2D eigenvalue weighted by Crippen LogP contribution is 2.35. The van der Waals surface area contributed by atoms with Crippen LogP contribution in [0.1, 0.15) is 22.8 Å². The number of hydrogen-bond donors (Lipinski definition) is 1. The number of phenolic OH excluding ortho intramolecular Hbond substituents is 1. The number of phenols is 1. The molecule has 0 aliphatic carbocycles. The number of ketones is 1. The maximum atomic E-state index is 11.5. The first-order chi connectivity index (χ1) is 10.0. The van der Waals surface area contributed by atoms with Crippen LogP contribution in [0.4, 0.5) is 0 Å². The summed E-state index contributed by atoms with van der Waals surface area (Å²) in [6.07, 6.45) is 0. The fourth-order valence-corrected chi connectivity index (χ4v) is 3.17. The van der Waals surface area contributed by atoms with E-state index in [4.69, 9.17) is 16.3 Å². The van der Waals surface area contributed by atoms with Crippen LogP contribution in [0.2, 0.25) is 5.02 Å². The van der Waals surface area contributed by atoms with Gasteiger partial charge in [0.1, 0.15) is 11.5 Å². The molecule has 3 nitrogen and oxygen atoms in total. The molecule has 0 amide bonds. The van der Waals surface area contributed by atoms with Crippen molar-refractivity contribution < 1.29 is 14.6 Å². The minimum Gasteiger partial charge on any atom is -0.507 e. The Morgan fingerprint density at radius 1 is 1.33 bits per heavy atom. The van der Waals surface area contributed by atoms with Crippen molar-refractivity contribution in [2.45, 2.75) is 17.6 Å². The molecule has 2 aromatic carbocycles. The summed E-state index contributed by atoms with van der Waals surface area (Å²) >= 11 is 7.52. The number of carbonyl (C=O) groups excluding carboxylic acids is 1. The van der Waals surface area contributed by atoms with E-state index in [1.54, 1.807) is 13.2 Å². The van der Waals surface area contributed by atoms with Gasteiger partial charge in [-0.25, -0.2) is 0 Å². The second-order valence-corrected chi connectivity index (χ2v) is 5.91. The Kier molecular flexibility index (Phi) is 5.15. The van der Waals surface area contributed by atoms with Gasteiger partial charge in [-0.15, -0.1) is 11.8 Å². The number of carbonyl (C=O) groups is 1. The van der Waals surface area contributed by atoms with Crippen LogP contribution >= 0.6 is 23.4 Å². The van der Waals surface area contributed by atoms with Crippen LogP contribution in [0.15, 0.2) is 41.3 Å². The summed E-state index contributed by atoms with van der Waals surface area (Å²) in [6.45, 7) is 1.41. The zero-order chi connectivity index (χ0) is 15.4. The van der Waals surface area contributed by atoms with Crippen LogP contribution in [0.3, 0.4) is 0 Å². The van der Waals surface area contributed by atoms with E-state index in [9.17, 15) is 9.90 Å². The van der Waals surface area contributed by atoms with Gasteiger partial charge < -0.3 is 9.84 Å². The Morgan fingerprint density at radius 2 is 2.05 bits per heavy atom. The van der Waals surface area contributed by atoms with Crippen molar-refractivity contribution in [1.82, 2.24) is 0 Å². The average molecular weight is 323 g/mol. The first kappa shape index (κ1) is 15.7. The normalized spacial score (nSPS) is 10.4. The molecule has 0 bridgehead atoms. The van der Waals surface area contributed by atoms with Gasteiger partial charge in [0.25, 0.3) is 0 Å². The average Bonchev–Trinajstić information content (AvgIpc) is 2.47. The summed E-state index contributed by atoms with van der Waals surface area (Å²) in [5.41, 5.74) is 0.877. The van der Waals surface area contributed by atoms with Crippen LogP contribution in [-0.2, 0) is 5.75 Å². The number of halogens is 1. The highest BCUT2D eigenvalue weighted by atomic mass is 35.5. The van der Waals surface area contributed by atoms with Crippen LogP contribution in [0, 0.1) is 0 Å². The fourth-order valence-electron chi connectivity index (χ4n) is 1.93. The second kappa shape index (κ2) is 6.87. The van der Waals surface area contributed by atoms with Crippen molar-refractivity contribution in [2.24, 2.45) is 0 Å². The van der Waals surface area contributed by atoms with E-state index in [2.05, 4.69) is 0 Å². The molecule has 0 saturated heterocycles. The van der Waals surface area contributed by atoms with E-state index >= 15 is 0 Å². The molecular formula is C16H15ClO3S. The quantitative estimate of drug-likeness (QED) is 0.648. The molecule has 0 fully saturated rings. The van der Waals surface area contributed by atoms with Gasteiger partial charge in [0, 0.05) is 21.2 Å². The van der Waals surface area contributed by atoms with E-state index in [0.29, 0.717) is 16.3 Å². The van der Waals surface area contributed by atoms with E-state index in [-0.39, 0.29) is 17.1 Å². The summed E-state index contributed by atoms with van der Waals surface area (Å²) in [5, 5.41) is 10.6. The summed E-state index contributed by atoms with van der Waals surface area (Å²) in [7, 11) is 1.62. The molecule has 0 aliphatic rings. The van der Waals surface area contributed by atoms with Crippen LogP contribution in [0.25, 0.3) is 0 Å². The number of hydrogen-bond acceptors (Lipinski definition) is 4. The molecule has 0 aliphatic heterocycles. The standard InChI is InChI=1S/C16H15ClO3S/c1-10(18)13-8-12(17)7-11(16(13)19)9-21-15-6-4-3-5-14(15)20-2/h3-8,19H,9H2,1-2H3. The van der Waals surface area contributed by atoms with E-state index < -0.39 is 0 Å². The molecule has 2 aromatic rings.